The summed E-state index contributed by atoms with van der Waals surface area (Å²) < 4.78 is 11.5. The second kappa shape index (κ2) is 7.03. The molecule has 24 heavy (non-hydrogen) atoms. The molecule has 0 spiro atoms. The van der Waals surface area contributed by atoms with Crippen molar-refractivity contribution in [1.82, 2.24) is 9.97 Å². The molecule has 0 N–H and O–H groups in total. The fourth-order valence-corrected chi connectivity index (χ4v) is 3.72. The number of hydrogen-bond acceptors (Lipinski definition) is 5. The van der Waals surface area contributed by atoms with Crippen LogP contribution in [0.15, 0.2) is 24.5 Å². The molecule has 0 amide bonds. The molecule has 5 heteroatoms. The van der Waals surface area contributed by atoms with E-state index in [1.807, 2.05) is 0 Å². The van der Waals surface area contributed by atoms with Crippen LogP contribution in [0, 0.1) is 12.8 Å². The first-order valence-corrected chi connectivity index (χ1v) is 8.96. The Kier molecular flexibility index (Phi) is 4.63. The van der Waals surface area contributed by atoms with Crippen LogP contribution < -0.4 is 4.90 Å². The third-order valence-corrected chi connectivity index (χ3v) is 5.18. The molecule has 0 saturated carbocycles. The van der Waals surface area contributed by atoms with Gasteiger partial charge in [0.25, 0.3) is 0 Å². The van der Waals surface area contributed by atoms with Crippen LogP contribution in [-0.4, -0.2) is 49.0 Å². The van der Waals surface area contributed by atoms with Crippen LogP contribution >= 0.6 is 0 Å². The Labute approximate surface area is 143 Å². The van der Waals surface area contributed by atoms with Gasteiger partial charge in [0.2, 0.25) is 0 Å². The van der Waals surface area contributed by atoms with Crippen molar-refractivity contribution in [2.75, 3.05) is 37.8 Å². The van der Waals surface area contributed by atoms with E-state index < -0.39 is 0 Å². The number of aryl methyl sites for hydroxylation is 1. The zero-order valence-electron chi connectivity index (χ0n) is 14.3. The number of ether oxygens (including phenoxy) is 2. The molecule has 2 aliphatic rings. The summed E-state index contributed by atoms with van der Waals surface area (Å²) in [5.41, 5.74) is 2.27. The van der Waals surface area contributed by atoms with Gasteiger partial charge in [-0.2, -0.15) is 0 Å². The van der Waals surface area contributed by atoms with E-state index >= 15 is 0 Å². The zero-order valence-corrected chi connectivity index (χ0v) is 14.3. The lowest BCUT2D eigenvalue weighted by Gasteiger charge is -2.33. The maximum Gasteiger partial charge on any atom is 0.140 e. The molecule has 2 aliphatic heterocycles. The van der Waals surface area contributed by atoms with Gasteiger partial charge in [-0.25, -0.2) is 9.97 Å². The Morgan fingerprint density at radius 1 is 1.21 bits per heavy atom. The third-order valence-electron chi connectivity index (χ3n) is 5.18. The van der Waals surface area contributed by atoms with Crippen molar-refractivity contribution in [2.24, 2.45) is 5.92 Å². The van der Waals surface area contributed by atoms with Crippen LogP contribution in [0.1, 0.15) is 24.8 Å². The molecule has 5 nitrogen and oxygen atoms in total. The standard InChI is InChI=1S/C19H25N3O2/c1-14-3-2-4-17-18(14)19(21-13-20-17)22-8-5-16(6-9-22)24-12-15-7-10-23-11-15/h2-4,13,15-16H,5-12H2,1H3. The van der Waals surface area contributed by atoms with Crippen molar-refractivity contribution in [3.05, 3.63) is 30.1 Å². The van der Waals surface area contributed by atoms with Crippen molar-refractivity contribution in [1.29, 1.82) is 0 Å². The molecule has 0 radical (unpaired) electrons. The molecule has 0 aliphatic carbocycles. The van der Waals surface area contributed by atoms with Crippen LogP contribution in [0.25, 0.3) is 10.9 Å². The molecule has 1 aromatic carbocycles. The Bertz CT molecular complexity index is 687. The summed E-state index contributed by atoms with van der Waals surface area (Å²) >= 11 is 0. The lowest BCUT2D eigenvalue weighted by molar-refractivity contribution is 0.0131. The van der Waals surface area contributed by atoms with E-state index in [1.165, 1.54) is 10.9 Å². The van der Waals surface area contributed by atoms with Gasteiger partial charge >= 0.3 is 0 Å². The highest BCUT2D eigenvalue weighted by Gasteiger charge is 2.24. The van der Waals surface area contributed by atoms with Gasteiger partial charge in [-0.15, -0.1) is 0 Å². The molecule has 4 rings (SSSR count). The van der Waals surface area contributed by atoms with Gasteiger partial charge < -0.3 is 14.4 Å². The van der Waals surface area contributed by atoms with Gasteiger partial charge in [0, 0.05) is 31.0 Å². The molecule has 2 aromatic rings. The number of hydrogen-bond donors (Lipinski definition) is 0. The summed E-state index contributed by atoms with van der Waals surface area (Å²) in [6.45, 7) is 6.73. The Morgan fingerprint density at radius 3 is 2.88 bits per heavy atom. The van der Waals surface area contributed by atoms with Crippen LogP contribution in [0.2, 0.25) is 0 Å². The number of aromatic nitrogens is 2. The number of anilines is 1. The highest BCUT2D eigenvalue weighted by Crippen LogP contribution is 2.29. The maximum atomic E-state index is 6.12. The van der Waals surface area contributed by atoms with E-state index in [0.29, 0.717) is 12.0 Å². The number of fused-ring (bicyclic) bond motifs is 1. The second-order valence-corrected chi connectivity index (χ2v) is 6.92. The lowest BCUT2D eigenvalue weighted by Crippen LogP contribution is -2.38. The molecular weight excluding hydrogens is 302 g/mol. The first-order valence-electron chi connectivity index (χ1n) is 8.96. The number of rotatable bonds is 4. The molecule has 2 saturated heterocycles. The van der Waals surface area contributed by atoms with Crippen LogP contribution in [-0.2, 0) is 9.47 Å². The Balaban J connectivity index is 1.41. The summed E-state index contributed by atoms with van der Waals surface area (Å²) in [6, 6.07) is 6.25. The summed E-state index contributed by atoms with van der Waals surface area (Å²) in [5.74, 6) is 1.66. The van der Waals surface area contributed by atoms with Gasteiger partial charge in [-0.05, 0) is 37.8 Å². The van der Waals surface area contributed by atoms with E-state index in [2.05, 4.69) is 40.0 Å². The van der Waals surface area contributed by atoms with E-state index in [9.17, 15) is 0 Å². The monoisotopic (exact) mass is 327 g/mol. The molecule has 1 atom stereocenters. The third kappa shape index (κ3) is 3.23. The predicted molar refractivity (Wildman–Crippen MR) is 94.4 cm³/mol. The minimum atomic E-state index is 0.371. The Morgan fingerprint density at radius 2 is 2.08 bits per heavy atom. The topological polar surface area (TPSA) is 47.5 Å². The van der Waals surface area contributed by atoms with E-state index in [4.69, 9.17) is 9.47 Å². The highest BCUT2D eigenvalue weighted by atomic mass is 16.5. The van der Waals surface area contributed by atoms with Crippen molar-refractivity contribution in [3.8, 4) is 0 Å². The van der Waals surface area contributed by atoms with Gasteiger partial charge in [0.1, 0.15) is 12.1 Å². The normalized spacial score (nSPS) is 22.4. The molecule has 0 bridgehead atoms. The van der Waals surface area contributed by atoms with Crippen molar-refractivity contribution in [2.45, 2.75) is 32.3 Å². The fraction of sp³-hybridized carbons (Fsp3) is 0.579. The maximum absolute atomic E-state index is 6.12. The van der Waals surface area contributed by atoms with Gasteiger partial charge in [-0.3, -0.25) is 0 Å². The number of benzene rings is 1. The SMILES string of the molecule is Cc1cccc2ncnc(N3CCC(OCC4CCOC4)CC3)c12. The minimum absolute atomic E-state index is 0.371. The minimum Gasteiger partial charge on any atom is -0.381 e. The van der Waals surface area contributed by atoms with Crippen LogP contribution in [0.5, 0.6) is 0 Å². The largest absolute Gasteiger partial charge is 0.381 e. The molecule has 2 fully saturated rings. The van der Waals surface area contributed by atoms with Crippen molar-refractivity contribution >= 4 is 16.7 Å². The van der Waals surface area contributed by atoms with Crippen LogP contribution in [0.4, 0.5) is 5.82 Å². The second-order valence-electron chi connectivity index (χ2n) is 6.92. The summed E-state index contributed by atoms with van der Waals surface area (Å²) in [4.78, 5) is 11.4. The highest BCUT2D eigenvalue weighted by molar-refractivity contribution is 5.92. The lowest BCUT2D eigenvalue weighted by atomic mass is 10.0. The van der Waals surface area contributed by atoms with Gasteiger partial charge in [0.15, 0.2) is 0 Å². The van der Waals surface area contributed by atoms with E-state index in [-0.39, 0.29) is 0 Å². The quantitative estimate of drug-likeness (QED) is 0.864. The molecule has 128 valence electrons. The summed E-state index contributed by atoms with van der Waals surface area (Å²) in [6.07, 6.45) is 5.32. The van der Waals surface area contributed by atoms with Crippen molar-refractivity contribution in [3.63, 3.8) is 0 Å². The average Bonchev–Trinajstić information content (AvgIpc) is 3.14. The number of nitrogens with zero attached hydrogens (tertiary/aromatic N) is 3. The summed E-state index contributed by atoms with van der Waals surface area (Å²) in [7, 11) is 0. The van der Waals surface area contributed by atoms with Gasteiger partial charge in [-0.1, -0.05) is 12.1 Å². The molecule has 1 aromatic heterocycles. The first-order chi connectivity index (χ1) is 11.8. The van der Waals surface area contributed by atoms with Crippen LogP contribution in [0.3, 0.4) is 0 Å². The van der Waals surface area contributed by atoms with E-state index in [1.54, 1.807) is 6.33 Å². The fourth-order valence-electron chi connectivity index (χ4n) is 3.72. The average molecular weight is 327 g/mol. The molecule has 1 unspecified atom stereocenters. The van der Waals surface area contributed by atoms with Gasteiger partial charge in [0.05, 0.1) is 24.8 Å². The molecular formula is C19H25N3O2. The Hall–Kier alpha value is -1.72. The first kappa shape index (κ1) is 15.8. The smallest absolute Gasteiger partial charge is 0.140 e. The van der Waals surface area contributed by atoms with Crippen molar-refractivity contribution < 1.29 is 9.47 Å². The summed E-state index contributed by atoms with van der Waals surface area (Å²) in [5, 5.41) is 1.18. The van der Waals surface area contributed by atoms with E-state index in [0.717, 1.165) is 63.5 Å². The number of piperidine rings is 1. The predicted octanol–water partition coefficient (Wildman–Crippen LogP) is 2.96. The molecule has 3 heterocycles. The zero-order chi connectivity index (χ0) is 16.4.